The van der Waals surface area contributed by atoms with Gasteiger partial charge in [0.25, 0.3) is 0 Å². The van der Waals surface area contributed by atoms with E-state index in [0.717, 1.165) is 24.4 Å². The van der Waals surface area contributed by atoms with Crippen LogP contribution in [0.1, 0.15) is 51.9 Å². The van der Waals surface area contributed by atoms with Gasteiger partial charge in [0.2, 0.25) is 0 Å². The molecule has 1 aliphatic heterocycles. The first-order valence-electron chi connectivity index (χ1n) is 7.00. The van der Waals surface area contributed by atoms with Gasteiger partial charge in [0, 0.05) is 0 Å². The minimum atomic E-state index is 0.290. The summed E-state index contributed by atoms with van der Waals surface area (Å²) >= 11 is 0. The van der Waals surface area contributed by atoms with Gasteiger partial charge >= 0.3 is 0 Å². The summed E-state index contributed by atoms with van der Waals surface area (Å²) < 4.78 is 6.28. The second kappa shape index (κ2) is 3.87. The van der Waals surface area contributed by atoms with Crippen LogP contribution in [0.4, 0.5) is 0 Å². The number of ether oxygens (including phenoxy) is 1. The second-order valence-corrected chi connectivity index (χ2v) is 6.42. The summed E-state index contributed by atoms with van der Waals surface area (Å²) in [5, 5.41) is 0. The summed E-state index contributed by atoms with van der Waals surface area (Å²) in [7, 11) is 0. The maximum Gasteiger partial charge on any atom is 0.0714 e. The lowest BCUT2D eigenvalue weighted by Crippen LogP contribution is -2.41. The molecule has 1 saturated heterocycles. The molecule has 0 aromatic rings. The van der Waals surface area contributed by atoms with Crippen molar-refractivity contribution >= 4 is 0 Å². The van der Waals surface area contributed by atoms with E-state index in [4.69, 9.17) is 4.74 Å². The van der Waals surface area contributed by atoms with Crippen molar-refractivity contribution in [3.63, 3.8) is 0 Å². The van der Waals surface area contributed by atoms with E-state index in [1.807, 2.05) is 0 Å². The first-order chi connectivity index (χ1) is 7.70. The van der Waals surface area contributed by atoms with Gasteiger partial charge in [-0.15, -0.1) is 0 Å². The van der Waals surface area contributed by atoms with Crippen molar-refractivity contribution in [3.05, 3.63) is 12.2 Å². The molecule has 0 N–H and O–H groups in total. The molecule has 1 heterocycles. The number of hydrogen-bond acceptors (Lipinski definition) is 1. The quantitative estimate of drug-likeness (QED) is 0.562. The van der Waals surface area contributed by atoms with E-state index >= 15 is 0 Å². The van der Waals surface area contributed by atoms with Crippen molar-refractivity contribution in [1.29, 1.82) is 0 Å². The Morgan fingerprint density at radius 3 is 2.75 bits per heavy atom. The predicted octanol–water partition coefficient (Wildman–Crippen LogP) is 3.94. The molecule has 16 heavy (non-hydrogen) atoms. The Morgan fingerprint density at radius 1 is 1.25 bits per heavy atom. The highest BCUT2D eigenvalue weighted by molar-refractivity contribution is 5.09. The van der Waals surface area contributed by atoms with Crippen molar-refractivity contribution in [2.24, 2.45) is 17.8 Å². The number of rotatable bonds is 0. The molecule has 0 bridgehead atoms. The van der Waals surface area contributed by atoms with Gasteiger partial charge in [0.05, 0.1) is 12.2 Å². The normalized spacial score (nSPS) is 48.3. The molecular formula is C15H24O. The summed E-state index contributed by atoms with van der Waals surface area (Å²) in [5.41, 5.74) is 1.75. The molecule has 0 amide bonds. The van der Waals surface area contributed by atoms with E-state index in [1.165, 1.54) is 50.5 Å². The van der Waals surface area contributed by atoms with Crippen molar-refractivity contribution < 1.29 is 4.74 Å². The predicted molar refractivity (Wildman–Crippen MR) is 66.3 cm³/mol. The molecule has 3 rings (SSSR count). The Hall–Kier alpha value is -0.300. The Morgan fingerprint density at radius 2 is 2.00 bits per heavy atom. The van der Waals surface area contributed by atoms with Crippen LogP contribution in [-0.4, -0.2) is 12.2 Å². The van der Waals surface area contributed by atoms with Crippen LogP contribution in [0.15, 0.2) is 12.2 Å². The van der Waals surface area contributed by atoms with E-state index < -0.39 is 0 Å². The van der Waals surface area contributed by atoms with Gasteiger partial charge in [-0.2, -0.15) is 0 Å². The van der Waals surface area contributed by atoms with Crippen LogP contribution in [-0.2, 0) is 4.74 Å². The largest absolute Gasteiger partial charge is 0.374 e. The monoisotopic (exact) mass is 220 g/mol. The Balaban J connectivity index is 1.75. The molecule has 1 nitrogen and oxygen atoms in total. The van der Waals surface area contributed by atoms with Gasteiger partial charge in [-0.05, 0) is 62.7 Å². The van der Waals surface area contributed by atoms with Crippen molar-refractivity contribution in [2.45, 2.75) is 57.5 Å². The van der Waals surface area contributed by atoms with Crippen molar-refractivity contribution in [3.8, 4) is 0 Å². The molecule has 2 unspecified atom stereocenters. The fourth-order valence-corrected chi connectivity index (χ4v) is 4.22. The zero-order valence-electron chi connectivity index (χ0n) is 10.5. The van der Waals surface area contributed by atoms with Crippen LogP contribution in [0.3, 0.4) is 0 Å². The molecule has 0 aromatic carbocycles. The minimum Gasteiger partial charge on any atom is -0.374 e. The minimum absolute atomic E-state index is 0.290. The summed E-state index contributed by atoms with van der Waals surface area (Å²) in [6, 6.07) is 0. The smallest absolute Gasteiger partial charge is 0.0714 e. The van der Waals surface area contributed by atoms with Gasteiger partial charge in [0.1, 0.15) is 0 Å². The molecule has 3 aliphatic rings. The van der Waals surface area contributed by atoms with E-state index in [-0.39, 0.29) is 5.60 Å². The fourth-order valence-electron chi connectivity index (χ4n) is 4.22. The zero-order chi connectivity index (χ0) is 11.2. The molecule has 0 radical (unpaired) electrons. The average molecular weight is 220 g/mol. The van der Waals surface area contributed by atoms with Crippen LogP contribution in [0.2, 0.25) is 0 Å². The first-order valence-corrected chi connectivity index (χ1v) is 7.00. The van der Waals surface area contributed by atoms with E-state index in [9.17, 15) is 0 Å². The first kappa shape index (κ1) is 10.8. The number of hydrogen-bond donors (Lipinski definition) is 0. The number of allylic oxidation sites excluding steroid dienone is 1. The van der Waals surface area contributed by atoms with Crippen molar-refractivity contribution in [2.75, 3.05) is 6.61 Å². The molecular weight excluding hydrogens is 196 g/mol. The molecule has 2 aliphatic carbocycles. The van der Waals surface area contributed by atoms with Crippen LogP contribution in [0.5, 0.6) is 0 Å². The average Bonchev–Trinajstić information content (AvgIpc) is 2.62. The summed E-state index contributed by atoms with van der Waals surface area (Å²) in [4.78, 5) is 0. The van der Waals surface area contributed by atoms with E-state index in [2.05, 4.69) is 13.5 Å². The van der Waals surface area contributed by atoms with Crippen LogP contribution in [0.25, 0.3) is 0 Å². The molecule has 1 spiro atoms. The van der Waals surface area contributed by atoms with Gasteiger partial charge in [-0.25, -0.2) is 0 Å². The number of fused-ring (bicyclic) bond motifs is 2. The lowest BCUT2D eigenvalue weighted by Gasteiger charge is -2.42. The standard InChI is InChI=1S/C15H24O/c1-11-5-7-15(8-6-11)14-4-3-12(2)9-13(14)10-16-15/h11,13-14H,2-10H2,1H3. The highest BCUT2D eigenvalue weighted by atomic mass is 16.5. The zero-order valence-corrected chi connectivity index (χ0v) is 10.5. The Bertz CT molecular complexity index is 286. The molecule has 0 aromatic heterocycles. The van der Waals surface area contributed by atoms with E-state index in [0.29, 0.717) is 0 Å². The maximum atomic E-state index is 6.28. The van der Waals surface area contributed by atoms with Crippen LogP contribution in [0, 0.1) is 17.8 Å². The summed E-state index contributed by atoms with van der Waals surface area (Å²) in [5.74, 6) is 2.58. The van der Waals surface area contributed by atoms with Crippen molar-refractivity contribution in [1.82, 2.24) is 0 Å². The Kier molecular flexibility index (Phi) is 2.62. The SMILES string of the molecule is C=C1CCC2C(COC23CCC(C)CC3)C1. The van der Waals surface area contributed by atoms with Crippen LogP contribution < -0.4 is 0 Å². The third-order valence-corrected chi connectivity index (χ3v) is 5.31. The molecule has 2 atom stereocenters. The van der Waals surface area contributed by atoms with Gasteiger partial charge in [-0.1, -0.05) is 19.1 Å². The third-order valence-electron chi connectivity index (χ3n) is 5.31. The highest BCUT2D eigenvalue weighted by Crippen LogP contribution is 2.52. The molecule has 1 heteroatoms. The van der Waals surface area contributed by atoms with Gasteiger partial charge < -0.3 is 4.74 Å². The maximum absolute atomic E-state index is 6.28. The lowest BCUT2D eigenvalue weighted by molar-refractivity contribution is -0.0597. The molecule has 90 valence electrons. The second-order valence-electron chi connectivity index (χ2n) is 6.42. The van der Waals surface area contributed by atoms with Gasteiger partial charge in [0.15, 0.2) is 0 Å². The summed E-state index contributed by atoms with van der Waals surface area (Å²) in [6.45, 7) is 7.57. The fraction of sp³-hybridized carbons (Fsp3) is 0.867. The Labute approximate surface area is 99.3 Å². The third kappa shape index (κ3) is 1.64. The molecule has 2 saturated carbocycles. The topological polar surface area (TPSA) is 9.23 Å². The van der Waals surface area contributed by atoms with Crippen LogP contribution >= 0.6 is 0 Å². The molecule has 3 fully saturated rings. The highest BCUT2D eigenvalue weighted by Gasteiger charge is 2.51. The summed E-state index contributed by atoms with van der Waals surface area (Å²) in [6.07, 6.45) is 9.24. The lowest BCUT2D eigenvalue weighted by atomic mass is 9.65. The van der Waals surface area contributed by atoms with Gasteiger partial charge in [-0.3, -0.25) is 0 Å². The van der Waals surface area contributed by atoms with E-state index in [1.54, 1.807) is 0 Å².